The second-order valence-corrected chi connectivity index (χ2v) is 3.84. The van der Waals surface area contributed by atoms with Gasteiger partial charge < -0.3 is 16.0 Å². The van der Waals surface area contributed by atoms with Crippen LogP contribution in [0.1, 0.15) is 0 Å². The van der Waals surface area contributed by atoms with E-state index >= 15 is 0 Å². The molecule has 3 N–H and O–H groups in total. The molecule has 0 aliphatic carbocycles. The molecule has 70 valence electrons. The third-order valence-electron chi connectivity index (χ3n) is 1.72. The summed E-state index contributed by atoms with van der Waals surface area (Å²) in [6, 6.07) is 0.0285. The van der Waals surface area contributed by atoms with E-state index in [0.717, 1.165) is 24.6 Å². The van der Waals surface area contributed by atoms with E-state index in [1.54, 1.807) is 0 Å². The summed E-state index contributed by atoms with van der Waals surface area (Å²) < 4.78 is 0. The van der Waals surface area contributed by atoms with Crippen LogP contribution in [0.4, 0.5) is 4.79 Å². The number of hydrogen-bond donors (Lipinski definition) is 2. The van der Waals surface area contributed by atoms with Gasteiger partial charge in [0.25, 0.3) is 0 Å². The summed E-state index contributed by atoms with van der Waals surface area (Å²) in [5.41, 5.74) is 5.27. The van der Waals surface area contributed by atoms with Crippen LogP contribution in [0, 0.1) is 0 Å². The number of nitrogens with two attached hydrogens (primary N) is 1. The number of hydrogen-bond acceptors (Lipinski definition) is 3. The SMILES string of the molecule is NCCNC(=O)N1CCSCC1. The predicted octanol–water partition coefficient (Wildman–Crippen LogP) is -0.296. The Labute approximate surface area is 76.9 Å². The first-order valence-corrected chi connectivity index (χ1v) is 5.30. The van der Waals surface area contributed by atoms with Crippen LogP contribution in [0.3, 0.4) is 0 Å². The molecule has 0 spiro atoms. The minimum atomic E-state index is 0.0285. The topological polar surface area (TPSA) is 58.4 Å². The van der Waals surface area contributed by atoms with Crippen LogP contribution in [0.25, 0.3) is 0 Å². The number of thioether (sulfide) groups is 1. The fourth-order valence-corrected chi connectivity index (χ4v) is 1.96. The first-order chi connectivity index (χ1) is 5.84. The second-order valence-electron chi connectivity index (χ2n) is 2.62. The maximum atomic E-state index is 11.3. The lowest BCUT2D eigenvalue weighted by atomic mass is 10.5. The van der Waals surface area contributed by atoms with E-state index in [-0.39, 0.29) is 6.03 Å². The van der Waals surface area contributed by atoms with Gasteiger partial charge in [0.2, 0.25) is 0 Å². The third-order valence-corrected chi connectivity index (χ3v) is 2.66. The van der Waals surface area contributed by atoms with Gasteiger partial charge in [-0.3, -0.25) is 0 Å². The van der Waals surface area contributed by atoms with E-state index in [1.807, 2.05) is 16.7 Å². The molecule has 0 aromatic heterocycles. The molecular weight excluding hydrogens is 174 g/mol. The lowest BCUT2D eigenvalue weighted by molar-refractivity contribution is 0.203. The van der Waals surface area contributed by atoms with E-state index in [2.05, 4.69) is 5.32 Å². The minimum absolute atomic E-state index is 0.0285. The van der Waals surface area contributed by atoms with Crippen molar-refractivity contribution in [3.05, 3.63) is 0 Å². The Morgan fingerprint density at radius 1 is 1.50 bits per heavy atom. The number of nitrogens with one attached hydrogen (secondary N) is 1. The smallest absolute Gasteiger partial charge is 0.317 e. The molecule has 5 heteroatoms. The van der Waals surface area contributed by atoms with Crippen molar-refractivity contribution in [2.24, 2.45) is 5.73 Å². The first-order valence-electron chi connectivity index (χ1n) is 4.15. The van der Waals surface area contributed by atoms with Crippen LogP contribution >= 0.6 is 11.8 Å². The molecule has 1 aliphatic heterocycles. The van der Waals surface area contributed by atoms with Crippen LogP contribution in [0.5, 0.6) is 0 Å². The number of nitrogens with zero attached hydrogens (tertiary/aromatic N) is 1. The Balaban J connectivity index is 2.20. The summed E-state index contributed by atoms with van der Waals surface area (Å²) in [4.78, 5) is 13.1. The summed E-state index contributed by atoms with van der Waals surface area (Å²) >= 11 is 1.89. The Morgan fingerprint density at radius 3 is 2.75 bits per heavy atom. The summed E-state index contributed by atoms with van der Waals surface area (Å²) in [5, 5.41) is 2.75. The molecule has 1 aliphatic rings. The zero-order valence-electron chi connectivity index (χ0n) is 7.08. The lowest BCUT2D eigenvalue weighted by Crippen LogP contribution is -2.45. The minimum Gasteiger partial charge on any atom is -0.337 e. The van der Waals surface area contributed by atoms with Crippen molar-refractivity contribution in [1.29, 1.82) is 0 Å². The highest BCUT2D eigenvalue weighted by atomic mass is 32.2. The summed E-state index contributed by atoms with van der Waals surface area (Å²) in [6.45, 7) is 2.80. The molecule has 2 amide bonds. The number of carbonyl (C=O) groups is 1. The molecule has 1 heterocycles. The fraction of sp³-hybridized carbons (Fsp3) is 0.857. The number of rotatable bonds is 2. The zero-order chi connectivity index (χ0) is 8.81. The molecule has 0 saturated carbocycles. The number of urea groups is 1. The molecule has 1 fully saturated rings. The van der Waals surface area contributed by atoms with E-state index < -0.39 is 0 Å². The van der Waals surface area contributed by atoms with E-state index in [1.165, 1.54) is 0 Å². The Hall–Kier alpha value is -0.420. The largest absolute Gasteiger partial charge is 0.337 e. The Bertz CT molecular complexity index is 148. The van der Waals surface area contributed by atoms with Crippen LogP contribution in [-0.4, -0.2) is 48.6 Å². The van der Waals surface area contributed by atoms with E-state index in [0.29, 0.717) is 13.1 Å². The van der Waals surface area contributed by atoms with Crippen LogP contribution in [0.2, 0.25) is 0 Å². The van der Waals surface area contributed by atoms with Gasteiger partial charge in [0.1, 0.15) is 0 Å². The van der Waals surface area contributed by atoms with Crippen molar-refractivity contribution in [2.45, 2.75) is 0 Å². The van der Waals surface area contributed by atoms with Crippen LogP contribution < -0.4 is 11.1 Å². The predicted molar refractivity (Wildman–Crippen MR) is 51.4 cm³/mol. The molecule has 0 aromatic carbocycles. The average Bonchev–Trinajstić information content (AvgIpc) is 2.15. The molecule has 0 bridgehead atoms. The van der Waals surface area contributed by atoms with Crippen molar-refractivity contribution in [2.75, 3.05) is 37.7 Å². The molecule has 0 radical (unpaired) electrons. The van der Waals surface area contributed by atoms with E-state index in [4.69, 9.17) is 5.73 Å². The molecule has 1 saturated heterocycles. The number of amides is 2. The summed E-state index contributed by atoms with van der Waals surface area (Å²) in [6.07, 6.45) is 0. The Morgan fingerprint density at radius 2 is 2.17 bits per heavy atom. The molecule has 4 nitrogen and oxygen atoms in total. The van der Waals surface area contributed by atoms with Crippen LogP contribution in [-0.2, 0) is 0 Å². The van der Waals surface area contributed by atoms with Gasteiger partial charge in [-0.15, -0.1) is 0 Å². The third kappa shape index (κ3) is 2.91. The maximum Gasteiger partial charge on any atom is 0.317 e. The van der Waals surface area contributed by atoms with Gasteiger partial charge in [-0.25, -0.2) is 4.79 Å². The summed E-state index contributed by atoms with van der Waals surface area (Å²) in [7, 11) is 0. The van der Waals surface area contributed by atoms with Crippen molar-refractivity contribution in [3.8, 4) is 0 Å². The van der Waals surface area contributed by atoms with Gasteiger partial charge in [0.15, 0.2) is 0 Å². The molecule has 0 unspecified atom stereocenters. The summed E-state index contributed by atoms with van der Waals surface area (Å²) in [5.74, 6) is 2.10. The monoisotopic (exact) mass is 189 g/mol. The van der Waals surface area contributed by atoms with Crippen molar-refractivity contribution in [3.63, 3.8) is 0 Å². The van der Waals surface area contributed by atoms with Gasteiger partial charge in [0.05, 0.1) is 0 Å². The van der Waals surface area contributed by atoms with Gasteiger partial charge in [-0.05, 0) is 0 Å². The average molecular weight is 189 g/mol. The fourth-order valence-electron chi connectivity index (χ4n) is 1.06. The van der Waals surface area contributed by atoms with Crippen molar-refractivity contribution in [1.82, 2.24) is 10.2 Å². The normalized spacial score (nSPS) is 17.6. The highest BCUT2D eigenvalue weighted by molar-refractivity contribution is 7.99. The quantitative estimate of drug-likeness (QED) is 0.627. The van der Waals surface area contributed by atoms with E-state index in [9.17, 15) is 4.79 Å². The zero-order valence-corrected chi connectivity index (χ0v) is 7.90. The standard InChI is InChI=1S/C7H15N3OS/c8-1-2-9-7(11)10-3-5-12-6-4-10/h1-6,8H2,(H,9,11). The van der Waals surface area contributed by atoms with Gasteiger partial charge >= 0.3 is 6.03 Å². The molecule has 0 atom stereocenters. The lowest BCUT2D eigenvalue weighted by Gasteiger charge is -2.26. The highest BCUT2D eigenvalue weighted by Gasteiger charge is 2.15. The van der Waals surface area contributed by atoms with Crippen molar-refractivity contribution >= 4 is 17.8 Å². The van der Waals surface area contributed by atoms with Crippen molar-refractivity contribution < 1.29 is 4.79 Å². The molecule has 0 aromatic rings. The molecular formula is C7H15N3OS. The van der Waals surface area contributed by atoms with Gasteiger partial charge in [-0.1, -0.05) is 0 Å². The van der Waals surface area contributed by atoms with Gasteiger partial charge in [-0.2, -0.15) is 11.8 Å². The van der Waals surface area contributed by atoms with Gasteiger partial charge in [0, 0.05) is 37.7 Å². The second kappa shape index (κ2) is 5.27. The number of carbonyl (C=O) groups excluding carboxylic acids is 1. The first kappa shape index (κ1) is 9.67. The van der Waals surface area contributed by atoms with Crippen LogP contribution in [0.15, 0.2) is 0 Å². The molecule has 12 heavy (non-hydrogen) atoms. The molecule has 1 rings (SSSR count). The highest BCUT2D eigenvalue weighted by Crippen LogP contribution is 2.08. The maximum absolute atomic E-state index is 11.3. The Kier molecular flexibility index (Phi) is 4.24.